The van der Waals surface area contributed by atoms with E-state index in [1.54, 1.807) is 5.01 Å². The van der Waals surface area contributed by atoms with E-state index < -0.39 is 5.60 Å². The summed E-state index contributed by atoms with van der Waals surface area (Å²) in [5.74, 6) is 0. The first-order valence-corrected chi connectivity index (χ1v) is 5.24. The second kappa shape index (κ2) is 4.18. The van der Waals surface area contributed by atoms with E-state index in [0.29, 0.717) is 12.1 Å². The van der Waals surface area contributed by atoms with Crippen molar-refractivity contribution in [3.8, 4) is 0 Å². The minimum atomic E-state index is -0.402. The molecule has 0 aromatic rings. The molecule has 2 unspecified atom stereocenters. The lowest BCUT2D eigenvalue weighted by Gasteiger charge is -2.30. The molecular weight excluding hydrogens is 216 g/mol. The zero-order valence-electron chi connectivity index (χ0n) is 9.45. The van der Waals surface area contributed by atoms with E-state index in [1.807, 2.05) is 20.8 Å². The molecule has 4 nitrogen and oxygen atoms in total. The fraction of sp³-hybridized carbons (Fsp3) is 0.900. The number of fused-ring (bicyclic) bond motifs is 2. The van der Waals surface area contributed by atoms with E-state index in [2.05, 4.69) is 5.43 Å². The predicted octanol–water partition coefficient (Wildman–Crippen LogP) is 2.08. The molecule has 15 heavy (non-hydrogen) atoms. The van der Waals surface area contributed by atoms with Crippen molar-refractivity contribution in [2.45, 2.75) is 57.7 Å². The Kier molecular flexibility index (Phi) is 3.51. The van der Waals surface area contributed by atoms with Crippen molar-refractivity contribution in [1.82, 2.24) is 10.4 Å². The van der Waals surface area contributed by atoms with E-state index in [9.17, 15) is 4.79 Å². The lowest BCUT2D eigenvalue weighted by molar-refractivity contribution is 0.00655. The van der Waals surface area contributed by atoms with Gasteiger partial charge >= 0.3 is 6.09 Å². The molecule has 2 fully saturated rings. The number of nitrogens with one attached hydrogen (secondary N) is 1. The highest BCUT2D eigenvalue weighted by atomic mass is 35.5. The number of halogens is 1. The van der Waals surface area contributed by atoms with Gasteiger partial charge in [0.2, 0.25) is 0 Å². The van der Waals surface area contributed by atoms with Crippen LogP contribution in [-0.2, 0) is 4.74 Å². The summed E-state index contributed by atoms with van der Waals surface area (Å²) < 4.78 is 5.30. The van der Waals surface area contributed by atoms with Crippen LogP contribution in [0.15, 0.2) is 0 Å². The summed E-state index contributed by atoms with van der Waals surface area (Å²) in [6, 6.07) is 0.849. The number of hydrogen-bond acceptors (Lipinski definition) is 3. The summed E-state index contributed by atoms with van der Waals surface area (Å²) in [6.45, 7) is 5.66. The van der Waals surface area contributed by atoms with Crippen molar-refractivity contribution in [3.05, 3.63) is 0 Å². The average Bonchev–Trinajstić information content (AvgIpc) is 2.59. The van der Waals surface area contributed by atoms with E-state index in [0.717, 1.165) is 12.8 Å². The molecule has 1 saturated heterocycles. The van der Waals surface area contributed by atoms with Crippen LogP contribution in [0.3, 0.4) is 0 Å². The van der Waals surface area contributed by atoms with Crippen molar-refractivity contribution in [2.24, 2.45) is 0 Å². The van der Waals surface area contributed by atoms with Crippen LogP contribution < -0.4 is 5.43 Å². The van der Waals surface area contributed by atoms with Crippen LogP contribution in [0.5, 0.6) is 0 Å². The van der Waals surface area contributed by atoms with Gasteiger partial charge in [0.05, 0.1) is 6.04 Å². The molecule has 2 aliphatic rings. The molecule has 5 heteroatoms. The summed E-state index contributed by atoms with van der Waals surface area (Å²) in [6.07, 6.45) is 3.14. The molecule has 2 rings (SSSR count). The van der Waals surface area contributed by atoms with E-state index in [-0.39, 0.29) is 18.5 Å². The van der Waals surface area contributed by atoms with Gasteiger partial charge in [-0.3, -0.25) is 0 Å². The van der Waals surface area contributed by atoms with Gasteiger partial charge in [0.25, 0.3) is 0 Å². The van der Waals surface area contributed by atoms with Crippen molar-refractivity contribution in [1.29, 1.82) is 0 Å². The molecular formula is C10H19ClN2O2. The molecule has 2 atom stereocenters. The maximum absolute atomic E-state index is 11.7. The minimum Gasteiger partial charge on any atom is -0.443 e. The zero-order valence-corrected chi connectivity index (χ0v) is 10.3. The summed E-state index contributed by atoms with van der Waals surface area (Å²) in [5.41, 5.74) is 2.77. The molecule has 1 saturated carbocycles. The number of carbonyl (C=O) groups is 1. The summed E-state index contributed by atoms with van der Waals surface area (Å²) in [4.78, 5) is 11.7. The van der Waals surface area contributed by atoms with Crippen molar-refractivity contribution in [3.63, 3.8) is 0 Å². The highest BCUT2D eigenvalue weighted by Crippen LogP contribution is 2.30. The van der Waals surface area contributed by atoms with Gasteiger partial charge in [0.15, 0.2) is 0 Å². The van der Waals surface area contributed by atoms with E-state index in [4.69, 9.17) is 4.74 Å². The quantitative estimate of drug-likeness (QED) is 0.698. The number of nitrogens with zero attached hydrogens (tertiary/aromatic N) is 1. The Bertz CT molecular complexity index is 252. The number of ether oxygens (including phenoxy) is 1. The zero-order chi connectivity index (χ0) is 10.3. The van der Waals surface area contributed by atoms with E-state index in [1.165, 1.54) is 6.42 Å². The third-order valence-electron chi connectivity index (χ3n) is 2.68. The number of carbonyl (C=O) groups excluding carboxylic acids is 1. The van der Waals surface area contributed by atoms with Crippen LogP contribution in [0.1, 0.15) is 40.0 Å². The molecule has 1 heterocycles. The number of hydrogen-bond donors (Lipinski definition) is 1. The molecule has 1 N–H and O–H groups in total. The van der Waals surface area contributed by atoms with Crippen LogP contribution in [0.25, 0.3) is 0 Å². The molecule has 1 aliphatic carbocycles. The van der Waals surface area contributed by atoms with E-state index >= 15 is 0 Å². The molecule has 2 bridgehead atoms. The fourth-order valence-corrected chi connectivity index (χ4v) is 2.12. The van der Waals surface area contributed by atoms with Gasteiger partial charge < -0.3 is 4.74 Å². The van der Waals surface area contributed by atoms with Gasteiger partial charge in [-0.2, -0.15) is 0 Å². The fourth-order valence-electron chi connectivity index (χ4n) is 2.12. The Hall–Kier alpha value is -0.480. The van der Waals surface area contributed by atoms with Crippen LogP contribution >= 0.6 is 12.4 Å². The highest BCUT2D eigenvalue weighted by Gasteiger charge is 2.41. The smallest absolute Gasteiger partial charge is 0.425 e. The summed E-state index contributed by atoms with van der Waals surface area (Å²) in [7, 11) is 0. The van der Waals surface area contributed by atoms with Crippen LogP contribution in [0, 0.1) is 0 Å². The second-order valence-corrected chi connectivity index (χ2v) is 5.14. The van der Waals surface area contributed by atoms with Gasteiger partial charge in [-0.25, -0.2) is 15.2 Å². The molecule has 1 amide bonds. The Balaban J connectivity index is 0.00000112. The average molecular weight is 235 g/mol. The lowest BCUT2D eigenvalue weighted by Crippen LogP contribution is -2.49. The summed E-state index contributed by atoms with van der Waals surface area (Å²) in [5, 5.41) is 1.67. The van der Waals surface area contributed by atoms with Crippen LogP contribution in [0.4, 0.5) is 4.79 Å². The van der Waals surface area contributed by atoms with Gasteiger partial charge in [0.1, 0.15) is 5.60 Å². The van der Waals surface area contributed by atoms with Crippen molar-refractivity contribution >= 4 is 18.5 Å². The molecule has 0 radical (unpaired) electrons. The Labute approximate surface area is 96.7 Å². The first kappa shape index (κ1) is 12.6. The Morgan fingerprint density at radius 3 is 2.47 bits per heavy atom. The SMILES string of the molecule is CC(C)(C)OC(=O)N1NC2CCC1C2.Cl. The largest absolute Gasteiger partial charge is 0.443 e. The van der Waals surface area contributed by atoms with Gasteiger partial charge in [-0.1, -0.05) is 0 Å². The third-order valence-corrected chi connectivity index (χ3v) is 2.68. The first-order chi connectivity index (χ1) is 6.46. The van der Waals surface area contributed by atoms with Crippen molar-refractivity contribution in [2.75, 3.05) is 0 Å². The number of hydrazine groups is 1. The number of rotatable bonds is 0. The normalized spacial score (nSPS) is 28.9. The van der Waals surface area contributed by atoms with Crippen LogP contribution in [-0.4, -0.2) is 28.8 Å². The van der Waals surface area contributed by atoms with Crippen LogP contribution in [0.2, 0.25) is 0 Å². The molecule has 0 aromatic heterocycles. The topological polar surface area (TPSA) is 41.6 Å². The monoisotopic (exact) mass is 234 g/mol. The molecule has 0 spiro atoms. The molecule has 88 valence electrons. The molecule has 0 aromatic carbocycles. The standard InChI is InChI=1S/C10H18N2O2.ClH/c1-10(2,3)14-9(13)12-8-5-4-7(6-8)11-12;/h7-8,11H,4-6H2,1-3H3;1H. The first-order valence-electron chi connectivity index (χ1n) is 5.24. The predicted molar refractivity (Wildman–Crippen MR) is 59.9 cm³/mol. The van der Waals surface area contributed by atoms with Gasteiger partial charge in [0, 0.05) is 6.04 Å². The lowest BCUT2D eigenvalue weighted by atomic mass is 10.2. The number of amides is 1. The maximum Gasteiger partial charge on any atom is 0.425 e. The Morgan fingerprint density at radius 1 is 1.40 bits per heavy atom. The maximum atomic E-state index is 11.7. The Morgan fingerprint density at radius 2 is 2.07 bits per heavy atom. The highest BCUT2D eigenvalue weighted by molar-refractivity contribution is 5.85. The minimum absolute atomic E-state index is 0. The van der Waals surface area contributed by atoms with Crippen molar-refractivity contribution < 1.29 is 9.53 Å². The third kappa shape index (κ3) is 2.75. The van der Waals surface area contributed by atoms with Gasteiger partial charge in [-0.15, -0.1) is 12.4 Å². The summed E-state index contributed by atoms with van der Waals surface area (Å²) >= 11 is 0. The molecule has 1 aliphatic heterocycles. The van der Waals surface area contributed by atoms with Gasteiger partial charge in [-0.05, 0) is 40.0 Å². The second-order valence-electron chi connectivity index (χ2n) is 5.14.